The molecule has 0 radical (unpaired) electrons. The number of pyridine rings is 1. The van der Waals surface area contributed by atoms with Gasteiger partial charge in [0.2, 0.25) is 5.91 Å². The maximum absolute atomic E-state index is 12.8. The van der Waals surface area contributed by atoms with Gasteiger partial charge in [-0.2, -0.15) is 0 Å². The third-order valence-electron chi connectivity index (χ3n) is 6.12. The Kier molecular flexibility index (Phi) is 6.05. The van der Waals surface area contributed by atoms with Gasteiger partial charge in [-0.15, -0.1) is 34.0 Å². The van der Waals surface area contributed by atoms with E-state index >= 15 is 0 Å². The van der Waals surface area contributed by atoms with E-state index in [9.17, 15) is 4.79 Å². The molecule has 0 aromatic carbocycles. The highest BCUT2D eigenvalue weighted by atomic mass is 32.1. The first-order valence-corrected chi connectivity index (χ1v) is 14.1. The van der Waals surface area contributed by atoms with Crippen molar-refractivity contribution in [2.75, 3.05) is 31.1 Å². The molecule has 176 valence electrons. The predicted molar refractivity (Wildman–Crippen MR) is 146 cm³/mol. The van der Waals surface area contributed by atoms with Gasteiger partial charge in [-0.05, 0) is 52.9 Å². The first-order chi connectivity index (χ1) is 17.1. The van der Waals surface area contributed by atoms with Gasteiger partial charge in [0.05, 0.1) is 28.1 Å². The van der Waals surface area contributed by atoms with Crippen molar-refractivity contribution in [3.8, 4) is 21.1 Å². The lowest BCUT2D eigenvalue weighted by molar-refractivity contribution is -0.130. The van der Waals surface area contributed by atoms with Crippen LogP contribution in [0.15, 0.2) is 58.7 Å². The third-order valence-corrected chi connectivity index (χ3v) is 8.93. The number of rotatable bonds is 5. The van der Waals surface area contributed by atoms with Gasteiger partial charge in [0, 0.05) is 31.1 Å². The molecule has 5 aromatic rings. The van der Waals surface area contributed by atoms with Crippen molar-refractivity contribution in [2.24, 2.45) is 0 Å². The summed E-state index contributed by atoms with van der Waals surface area (Å²) in [6.45, 7) is 5.05. The van der Waals surface area contributed by atoms with Crippen LogP contribution in [0, 0.1) is 6.92 Å². The summed E-state index contributed by atoms with van der Waals surface area (Å²) in [6.07, 6.45) is 2.37. The van der Waals surface area contributed by atoms with Gasteiger partial charge >= 0.3 is 0 Å². The van der Waals surface area contributed by atoms with Crippen LogP contribution in [0.3, 0.4) is 0 Å². The average molecular weight is 518 g/mol. The Labute approximate surface area is 215 Å². The van der Waals surface area contributed by atoms with Crippen LogP contribution in [-0.4, -0.2) is 51.9 Å². The summed E-state index contributed by atoms with van der Waals surface area (Å²) in [5.41, 5.74) is 5.46. The highest BCUT2D eigenvalue weighted by molar-refractivity contribution is 7.14. The van der Waals surface area contributed by atoms with E-state index in [0.717, 1.165) is 50.3 Å². The number of aryl methyl sites for hydroxylation is 1. The molecule has 1 aliphatic rings. The summed E-state index contributed by atoms with van der Waals surface area (Å²) in [7, 11) is 0. The number of carbonyl (C=O) groups is 1. The third kappa shape index (κ3) is 4.59. The molecule has 6 nitrogen and oxygen atoms in total. The Hall–Kier alpha value is -3.14. The van der Waals surface area contributed by atoms with E-state index in [1.54, 1.807) is 34.0 Å². The predicted octanol–water partition coefficient (Wildman–Crippen LogP) is 5.74. The van der Waals surface area contributed by atoms with E-state index in [-0.39, 0.29) is 5.91 Å². The second kappa shape index (κ2) is 9.49. The van der Waals surface area contributed by atoms with Crippen LogP contribution in [0.25, 0.3) is 32.3 Å². The topological polar surface area (TPSA) is 62.2 Å². The number of nitrogens with zero attached hydrogens (tertiary/aromatic N) is 5. The first-order valence-electron chi connectivity index (χ1n) is 11.5. The molecule has 1 saturated heterocycles. The summed E-state index contributed by atoms with van der Waals surface area (Å²) < 4.78 is 0. The Morgan fingerprint density at radius 1 is 0.943 bits per heavy atom. The number of hydrogen-bond donors (Lipinski definition) is 0. The summed E-state index contributed by atoms with van der Waals surface area (Å²) in [5.74, 6) is 0.204. The van der Waals surface area contributed by atoms with Crippen LogP contribution in [0.2, 0.25) is 0 Å². The van der Waals surface area contributed by atoms with Crippen molar-refractivity contribution in [1.29, 1.82) is 0 Å². The number of fused-ring (bicyclic) bond motifs is 1. The SMILES string of the molecule is Cc1csc(CC(=O)N2CCN(c3cnc4nc(-c5cccs5)c(-c5cccs5)nc4c3)CC2)c1. The molecule has 6 rings (SSSR count). The Balaban J connectivity index is 1.23. The van der Waals surface area contributed by atoms with E-state index < -0.39 is 0 Å². The maximum atomic E-state index is 12.8. The van der Waals surface area contributed by atoms with Gasteiger partial charge in [0.1, 0.15) is 16.9 Å². The molecule has 0 bridgehead atoms. The van der Waals surface area contributed by atoms with Crippen LogP contribution in [0.5, 0.6) is 0 Å². The van der Waals surface area contributed by atoms with Crippen LogP contribution in [0.4, 0.5) is 5.69 Å². The van der Waals surface area contributed by atoms with Crippen molar-refractivity contribution < 1.29 is 4.79 Å². The molecule has 9 heteroatoms. The lowest BCUT2D eigenvalue weighted by atomic mass is 10.2. The second-order valence-corrected chi connectivity index (χ2v) is 11.4. The van der Waals surface area contributed by atoms with Gasteiger partial charge in [-0.1, -0.05) is 12.1 Å². The van der Waals surface area contributed by atoms with Gasteiger partial charge < -0.3 is 9.80 Å². The zero-order chi connectivity index (χ0) is 23.8. The normalized spacial score (nSPS) is 14.1. The maximum Gasteiger partial charge on any atom is 0.227 e. The van der Waals surface area contributed by atoms with Crippen LogP contribution >= 0.6 is 34.0 Å². The molecule has 0 saturated carbocycles. The second-order valence-electron chi connectivity index (χ2n) is 8.55. The van der Waals surface area contributed by atoms with Crippen molar-refractivity contribution >= 4 is 56.8 Å². The van der Waals surface area contributed by atoms with Crippen molar-refractivity contribution in [1.82, 2.24) is 19.9 Å². The number of anilines is 1. The number of amides is 1. The Bertz CT molecular complexity index is 1470. The molecule has 1 aliphatic heterocycles. The number of piperazine rings is 1. The highest BCUT2D eigenvalue weighted by Gasteiger charge is 2.23. The van der Waals surface area contributed by atoms with Crippen molar-refractivity contribution in [3.05, 3.63) is 69.2 Å². The number of thiophene rings is 3. The zero-order valence-electron chi connectivity index (χ0n) is 19.2. The molecule has 0 atom stereocenters. The average Bonchev–Trinajstić information content (AvgIpc) is 3.66. The highest BCUT2D eigenvalue weighted by Crippen LogP contribution is 2.35. The number of carbonyl (C=O) groups excluding carboxylic acids is 1. The van der Waals surface area contributed by atoms with E-state index in [1.807, 2.05) is 23.2 Å². The quantitative estimate of drug-likeness (QED) is 0.297. The smallest absolute Gasteiger partial charge is 0.227 e. The fourth-order valence-corrected chi connectivity index (χ4v) is 6.63. The fraction of sp³-hybridized carbons (Fsp3) is 0.231. The molecule has 0 N–H and O–H groups in total. The molecule has 6 heterocycles. The van der Waals surface area contributed by atoms with Crippen LogP contribution in [0.1, 0.15) is 10.4 Å². The van der Waals surface area contributed by atoms with Gasteiger partial charge in [0.15, 0.2) is 5.65 Å². The molecular weight excluding hydrogens is 495 g/mol. The Morgan fingerprint density at radius 3 is 2.29 bits per heavy atom. The largest absolute Gasteiger partial charge is 0.367 e. The minimum atomic E-state index is 0.204. The molecule has 35 heavy (non-hydrogen) atoms. The first kappa shape index (κ1) is 22.3. The van der Waals surface area contributed by atoms with E-state index in [2.05, 4.69) is 57.2 Å². The van der Waals surface area contributed by atoms with Crippen molar-refractivity contribution in [3.63, 3.8) is 0 Å². The molecule has 0 unspecified atom stereocenters. The molecule has 0 aliphatic carbocycles. The minimum Gasteiger partial charge on any atom is -0.367 e. The Morgan fingerprint density at radius 2 is 1.66 bits per heavy atom. The van der Waals surface area contributed by atoms with E-state index in [4.69, 9.17) is 9.97 Å². The standard InChI is InChI=1S/C26H23N5OS3/c1-17-12-19(35-16-17)14-23(32)31-8-6-30(7-9-31)18-13-20-26(27-15-18)29-25(22-5-3-11-34-22)24(28-20)21-4-2-10-33-21/h2-5,10-13,15-16H,6-9,14H2,1H3. The van der Waals surface area contributed by atoms with Gasteiger partial charge in [-0.3, -0.25) is 4.79 Å². The lowest BCUT2D eigenvalue weighted by Crippen LogP contribution is -2.49. The summed E-state index contributed by atoms with van der Waals surface area (Å²) in [4.78, 5) is 34.9. The molecule has 1 fully saturated rings. The number of hydrogen-bond acceptors (Lipinski definition) is 8. The van der Waals surface area contributed by atoms with Gasteiger partial charge in [0.25, 0.3) is 0 Å². The molecule has 1 amide bonds. The lowest BCUT2D eigenvalue weighted by Gasteiger charge is -2.36. The summed E-state index contributed by atoms with van der Waals surface area (Å²) in [6, 6.07) is 12.4. The van der Waals surface area contributed by atoms with Crippen LogP contribution < -0.4 is 4.90 Å². The molecule has 0 spiro atoms. The fourth-order valence-electron chi connectivity index (χ4n) is 4.34. The number of aromatic nitrogens is 3. The molecule has 5 aromatic heterocycles. The zero-order valence-corrected chi connectivity index (χ0v) is 21.6. The van der Waals surface area contributed by atoms with E-state index in [1.165, 1.54) is 5.56 Å². The van der Waals surface area contributed by atoms with Crippen LogP contribution in [-0.2, 0) is 11.2 Å². The minimum absolute atomic E-state index is 0.204. The summed E-state index contributed by atoms with van der Waals surface area (Å²) in [5, 5.41) is 6.22. The molecular formula is C26H23N5OS3. The van der Waals surface area contributed by atoms with E-state index in [0.29, 0.717) is 25.2 Å². The monoisotopic (exact) mass is 517 g/mol. The van der Waals surface area contributed by atoms with Crippen molar-refractivity contribution in [2.45, 2.75) is 13.3 Å². The van der Waals surface area contributed by atoms with Gasteiger partial charge in [-0.25, -0.2) is 15.0 Å². The summed E-state index contributed by atoms with van der Waals surface area (Å²) >= 11 is 4.99.